The SMILES string of the molecule is CC(C)(C)c1cnc(CN2CCCN(C(=O)c3ccc(F)cc3)CC2)o1. The van der Waals surface area contributed by atoms with Crippen LogP contribution in [0.3, 0.4) is 0 Å². The number of carbonyl (C=O) groups excluding carboxylic acids is 1. The molecule has 6 heteroatoms. The fourth-order valence-corrected chi connectivity index (χ4v) is 3.03. The number of benzene rings is 1. The molecule has 1 saturated heterocycles. The van der Waals surface area contributed by atoms with E-state index in [-0.39, 0.29) is 17.1 Å². The number of aromatic nitrogens is 1. The molecule has 3 rings (SSSR count). The molecule has 2 heterocycles. The molecule has 0 radical (unpaired) electrons. The van der Waals surface area contributed by atoms with E-state index in [1.807, 2.05) is 4.90 Å². The van der Waals surface area contributed by atoms with Crippen molar-refractivity contribution in [2.24, 2.45) is 0 Å². The molecule has 1 aliphatic rings. The molecule has 0 spiro atoms. The molecule has 140 valence electrons. The molecule has 1 aromatic carbocycles. The van der Waals surface area contributed by atoms with Crippen LogP contribution in [0.1, 0.15) is 49.2 Å². The number of hydrogen-bond acceptors (Lipinski definition) is 4. The lowest BCUT2D eigenvalue weighted by atomic mass is 9.94. The van der Waals surface area contributed by atoms with Crippen LogP contribution < -0.4 is 0 Å². The molecule has 0 atom stereocenters. The van der Waals surface area contributed by atoms with E-state index in [2.05, 4.69) is 30.7 Å². The first kappa shape index (κ1) is 18.6. The van der Waals surface area contributed by atoms with Crippen molar-refractivity contribution in [1.29, 1.82) is 0 Å². The van der Waals surface area contributed by atoms with E-state index in [1.54, 1.807) is 18.3 Å². The Morgan fingerprint density at radius 2 is 1.88 bits per heavy atom. The van der Waals surface area contributed by atoms with Gasteiger partial charge in [0.2, 0.25) is 5.89 Å². The van der Waals surface area contributed by atoms with Gasteiger partial charge in [0, 0.05) is 37.2 Å². The monoisotopic (exact) mass is 359 g/mol. The van der Waals surface area contributed by atoms with E-state index in [9.17, 15) is 9.18 Å². The second-order valence-corrected chi connectivity index (χ2v) is 7.80. The van der Waals surface area contributed by atoms with Crippen molar-refractivity contribution in [2.45, 2.75) is 39.2 Å². The Morgan fingerprint density at radius 3 is 2.54 bits per heavy atom. The topological polar surface area (TPSA) is 49.6 Å². The molecule has 0 aliphatic carbocycles. The molecule has 1 aliphatic heterocycles. The highest BCUT2D eigenvalue weighted by Gasteiger charge is 2.23. The van der Waals surface area contributed by atoms with Gasteiger partial charge in [-0.05, 0) is 30.7 Å². The Bertz CT molecular complexity index is 749. The van der Waals surface area contributed by atoms with Crippen molar-refractivity contribution in [1.82, 2.24) is 14.8 Å². The van der Waals surface area contributed by atoms with E-state index in [0.717, 1.165) is 25.3 Å². The summed E-state index contributed by atoms with van der Waals surface area (Å²) in [6.45, 7) is 9.94. The summed E-state index contributed by atoms with van der Waals surface area (Å²) in [7, 11) is 0. The highest BCUT2D eigenvalue weighted by Crippen LogP contribution is 2.23. The standard InChI is InChI=1S/C20H26FN3O2/c1-20(2,3)17-13-22-18(26-17)14-23-9-4-10-24(12-11-23)19(25)15-5-7-16(21)8-6-15/h5-8,13H,4,9-12,14H2,1-3H3. The number of hydrogen-bond donors (Lipinski definition) is 0. The molecule has 0 N–H and O–H groups in total. The first-order valence-electron chi connectivity index (χ1n) is 9.05. The van der Waals surface area contributed by atoms with Crippen molar-refractivity contribution in [3.63, 3.8) is 0 Å². The van der Waals surface area contributed by atoms with Crippen molar-refractivity contribution in [2.75, 3.05) is 26.2 Å². The van der Waals surface area contributed by atoms with Crippen molar-refractivity contribution in [3.05, 3.63) is 53.5 Å². The Balaban J connectivity index is 1.58. The maximum absolute atomic E-state index is 13.0. The molecule has 1 fully saturated rings. The molecule has 0 unspecified atom stereocenters. The summed E-state index contributed by atoms with van der Waals surface area (Å²) in [5.74, 6) is 1.23. The minimum Gasteiger partial charge on any atom is -0.444 e. The average molecular weight is 359 g/mol. The first-order chi connectivity index (χ1) is 12.3. The number of rotatable bonds is 3. The fourth-order valence-electron chi connectivity index (χ4n) is 3.03. The van der Waals surface area contributed by atoms with Gasteiger partial charge in [-0.15, -0.1) is 0 Å². The number of carbonyl (C=O) groups is 1. The number of nitrogens with zero attached hydrogens (tertiary/aromatic N) is 3. The Kier molecular flexibility index (Phi) is 5.41. The lowest BCUT2D eigenvalue weighted by Gasteiger charge is -2.21. The minimum absolute atomic E-state index is 0.0435. The molecule has 0 bridgehead atoms. The highest BCUT2D eigenvalue weighted by molar-refractivity contribution is 5.94. The van der Waals surface area contributed by atoms with Gasteiger partial charge in [0.1, 0.15) is 11.6 Å². The Morgan fingerprint density at radius 1 is 1.15 bits per heavy atom. The average Bonchev–Trinajstić information content (AvgIpc) is 2.94. The van der Waals surface area contributed by atoms with Crippen LogP contribution in [-0.4, -0.2) is 46.9 Å². The van der Waals surface area contributed by atoms with Crippen molar-refractivity contribution in [3.8, 4) is 0 Å². The molecule has 0 saturated carbocycles. The van der Waals surface area contributed by atoms with Gasteiger partial charge in [0.05, 0.1) is 12.7 Å². The third kappa shape index (κ3) is 4.49. The van der Waals surface area contributed by atoms with E-state index >= 15 is 0 Å². The van der Waals surface area contributed by atoms with Crippen LogP contribution in [0.25, 0.3) is 0 Å². The lowest BCUT2D eigenvalue weighted by Crippen LogP contribution is -2.35. The summed E-state index contributed by atoms with van der Waals surface area (Å²) in [6.07, 6.45) is 2.69. The predicted molar refractivity (Wildman–Crippen MR) is 97.4 cm³/mol. The quantitative estimate of drug-likeness (QED) is 0.842. The summed E-state index contributed by atoms with van der Waals surface area (Å²) in [5.41, 5.74) is 0.477. The second-order valence-electron chi connectivity index (χ2n) is 7.80. The van der Waals surface area contributed by atoms with Crippen LogP contribution in [0.2, 0.25) is 0 Å². The summed E-state index contributed by atoms with van der Waals surface area (Å²) >= 11 is 0. The van der Waals surface area contributed by atoms with Gasteiger partial charge in [0.15, 0.2) is 0 Å². The van der Waals surface area contributed by atoms with Crippen LogP contribution in [0, 0.1) is 5.82 Å². The van der Waals surface area contributed by atoms with Gasteiger partial charge in [-0.1, -0.05) is 20.8 Å². The zero-order chi connectivity index (χ0) is 18.7. The third-order valence-electron chi connectivity index (χ3n) is 4.62. The zero-order valence-electron chi connectivity index (χ0n) is 15.7. The number of amides is 1. The van der Waals surface area contributed by atoms with Crippen molar-refractivity contribution >= 4 is 5.91 Å². The van der Waals surface area contributed by atoms with Gasteiger partial charge in [-0.3, -0.25) is 9.69 Å². The van der Waals surface area contributed by atoms with Gasteiger partial charge in [0.25, 0.3) is 5.91 Å². The smallest absolute Gasteiger partial charge is 0.253 e. The predicted octanol–water partition coefficient (Wildman–Crippen LogP) is 3.46. The molecule has 2 aromatic rings. The molecule has 1 amide bonds. The first-order valence-corrected chi connectivity index (χ1v) is 9.05. The van der Waals surface area contributed by atoms with E-state index in [4.69, 9.17) is 4.42 Å². The molecular weight excluding hydrogens is 333 g/mol. The van der Waals surface area contributed by atoms with E-state index in [0.29, 0.717) is 31.1 Å². The van der Waals surface area contributed by atoms with Gasteiger partial charge < -0.3 is 9.32 Å². The Hall–Kier alpha value is -2.21. The molecule has 1 aromatic heterocycles. The highest BCUT2D eigenvalue weighted by atomic mass is 19.1. The van der Waals surface area contributed by atoms with Crippen LogP contribution in [0.4, 0.5) is 4.39 Å². The van der Waals surface area contributed by atoms with Gasteiger partial charge in [-0.25, -0.2) is 9.37 Å². The Labute approximate surface area is 153 Å². The molecule has 26 heavy (non-hydrogen) atoms. The molecule has 5 nitrogen and oxygen atoms in total. The van der Waals surface area contributed by atoms with Gasteiger partial charge in [-0.2, -0.15) is 0 Å². The van der Waals surface area contributed by atoms with Crippen LogP contribution in [-0.2, 0) is 12.0 Å². The summed E-state index contributed by atoms with van der Waals surface area (Å²) in [5, 5.41) is 0. The summed E-state index contributed by atoms with van der Waals surface area (Å²) < 4.78 is 18.9. The van der Waals surface area contributed by atoms with Crippen LogP contribution in [0.5, 0.6) is 0 Å². The largest absolute Gasteiger partial charge is 0.444 e. The maximum atomic E-state index is 13.0. The second kappa shape index (κ2) is 7.58. The van der Waals surface area contributed by atoms with E-state index in [1.165, 1.54) is 12.1 Å². The van der Waals surface area contributed by atoms with E-state index < -0.39 is 0 Å². The van der Waals surface area contributed by atoms with Crippen molar-refractivity contribution < 1.29 is 13.6 Å². The minimum atomic E-state index is -0.329. The normalized spacial score (nSPS) is 16.5. The molecular formula is C20H26FN3O2. The third-order valence-corrected chi connectivity index (χ3v) is 4.62. The zero-order valence-corrected chi connectivity index (χ0v) is 15.7. The summed E-state index contributed by atoms with van der Waals surface area (Å²) in [6, 6.07) is 5.74. The fraction of sp³-hybridized carbons (Fsp3) is 0.500. The van der Waals surface area contributed by atoms with Gasteiger partial charge >= 0.3 is 0 Å². The number of halogens is 1. The number of oxazole rings is 1. The van der Waals surface area contributed by atoms with Crippen LogP contribution in [0.15, 0.2) is 34.9 Å². The lowest BCUT2D eigenvalue weighted by molar-refractivity contribution is 0.0760. The maximum Gasteiger partial charge on any atom is 0.253 e. The van der Waals surface area contributed by atoms with Crippen LogP contribution >= 0.6 is 0 Å². The summed E-state index contributed by atoms with van der Waals surface area (Å²) in [4.78, 5) is 21.1.